The molecule has 2 aromatic rings. The smallest absolute Gasteiger partial charge is 0.258 e. The Balaban J connectivity index is 1.78. The highest BCUT2D eigenvalue weighted by molar-refractivity contribution is 6.09. The Bertz CT molecular complexity index is 796. The summed E-state index contributed by atoms with van der Waals surface area (Å²) < 4.78 is 26.4. The van der Waals surface area contributed by atoms with Crippen LogP contribution in [0.4, 0.5) is 14.6 Å². The minimum Gasteiger partial charge on any atom is -0.309 e. The van der Waals surface area contributed by atoms with E-state index in [1.54, 1.807) is 6.07 Å². The molecule has 1 aromatic carbocycles. The predicted octanol–water partition coefficient (Wildman–Crippen LogP) is 3.14. The third kappa shape index (κ3) is 4.40. The number of aryl methyl sites for hydroxylation is 1. The van der Waals surface area contributed by atoms with Crippen LogP contribution >= 0.6 is 0 Å². The highest BCUT2D eigenvalue weighted by Crippen LogP contribution is 2.21. The summed E-state index contributed by atoms with van der Waals surface area (Å²) in [4.78, 5) is 16.9. The molecular weight excluding hydrogens is 328 g/mol. The van der Waals surface area contributed by atoms with Crippen molar-refractivity contribution in [3.8, 4) is 0 Å². The molecule has 0 atom stereocenters. The molecule has 0 spiro atoms. The quantitative estimate of drug-likeness (QED) is 0.589. The molecule has 8 heteroatoms. The second kappa shape index (κ2) is 7.42. The van der Waals surface area contributed by atoms with Gasteiger partial charge in [-0.05, 0) is 38.0 Å². The zero-order chi connectivity index (χ0) is 17.8. The SMILES string of the molecule is Cc1cc(NC(=NC2CCCC2)NC(=O)c2ccc(F)c(F)c2)n[nH]1. The lowest BCUT2D eigenvalue weighted by molar-refractivity contribution is 0.0976. The number of nitrogens with one attached hydrogen (secondary N) is 3. The molecule has 3 N–H and O–H groups in total. The molecule has 0 aliphatic heterocycles. The van der Waals surface area contributed by atoms with Gasteiger partial charge in [-0.1, -0.05) is 12.8 Å². The summed E-state index contributed by atoms with van der Waals surface area (Å²) in [6.07, 6.45) is 4.10. The first-order chi connectivity index (χ1) is 12.0. The highest BCUT2D eigenvalue weighted by Gasteiger charge is 2.18. The maximum absolute atomic E-state index is 13.3. The minimum atomic E-state index is -1.07. The van der Waals surface area contributed by atoms with Crippen molar-refractivity contribution in [2.75, 3.05) is 5.32 Å². The van der Waals surface area contributed by atoms with E-state index >= 15 is 0 Å². The monoisotopic (exact) mass is 347 g/mol. The van der Waals surface area contributed by atoms with Gasteiger partial charge in [0.15, 0.2) is 17.5 Å². The van der Waals surface area contributed by atoms with Crippen molar-refractivity contribution in [1.29, 1.82) is 0 Å². The first kappa shape index (κ1) is 17.1. The van der Waals surface area contributed by atoms with Gasteiger partial charge in [0, 0.05) is 17.3 Å². The zero-order valence-corrected chi connectivity index (χ0v) is 13.8. The van der Waals surface area contributed by atoms with Crippen LogP contribution in [0.15, 0.2) is 29.3 Å². The van der Waals surface area contributed by atoms with Gasteiger partial charge in [-0.3, -0.25) is 15.2 Å². The molecule has 0 bridgehead atoms. The molecule has 132 valence electrons. The molecule has 1 aromatic heterocycles. The van der Waals surface area contributed by atoms with Crippen LogP contribution in [0.2, 0.25) is 0 Å². The summed E-state index contributed by atoms with van der Waals surface area (Å²) in [6, 6.07) is 4.89. The van der Waals surface area contributed by atoms with E-state index in [1.807, 2.05) is 6.92 Å². The fourth-order valence-electron chi connectivity index (χ4n) is 2.73. The summed E-state index contributed by atoms with van der Waals surface area (Å²) >= 11 is 0. The van der Waals surface area contributed by atoms with Gasteiger partial charge in [-0.15, -0.1) is 0 Å². The first-order valence-corrected chi connectivity index (χ1v) is 8.14. The standard InChI is InChI=1S/C17H19F2N5O/c1-10-8-15(24-23-10)21-17(20-12-4-2-3-5-12)22-16(25)11-6-7-13(18)14(19)9-11/h6-9,12H,2-5H2,1H3,(H3,20,21,22,23,24,25). The first-order valence-electron chi connectivity index (χ1n) is 8.14. The number of nitrogens with zero attached hydrogens (tertiary/aromatic N) is 2. The Morgan fingerprint density at radius 1 is 1.24 bits per heavy atom. The number of guanidine groups is 1. The molecule has 1 saturated carbocycles. The summed E-state index contributed by atoms with van der Waals surface area (Å²) in [6.45, 7) is 1.85. The maximum Gasteiger partial charge on any atom is 0.258 e. The van der Waals surface area contributed by atoms with Crippen molar-refractivity contribution in [2.24, 2.45) is 4.99 Å². The maximum atomic E-state index is 13.3. The van der Waals surface area contributed by atoms with Crippen LogP contribution in [0.3, 0.4) is 0 Å². The summed E-state index contributed by atoms with van der Waals surface area (Å²) in [5.74, 6) is -1.89. The fourth-order valence-corrected chi connectivity index (χ4v) is 2.73. The van der Waals surface area contributed by atoms with Crippen LogP contribution in [0.1, 0.15) is 41.7 Å². The number of hydrogen-bond acceptors (Lipinski definition) is 3. The van der Waals surface area contributed by atoms with Gasteiger partial charge in [0.1, 0.15) is 0 Å². The Kier molecular flexibility index (Phi) is 5.06. The third-order valence-electron chi connectivity index (χ3n) is 4.00. The van der Waals surface area contributed by atoms with Gasteiger partial charge in [0.25, 0.3) is 5.91 Å². The number of anilines is 1. The molecule has 25 heavy (non-hydrogen) atoms. The minimum absolute atomic E-state index is 0.0121. The van der Waals surface area contributed by atoms with E-state index in [1.165, 1.54) is 6.07 Å². The van der Waals surface area contributed by atoms with E-state index < -0.39 is 17.5 Å². The Labute approximate surface area is 143 Å². The van der Waals surface area contributed by atoms with Crippen molar-refractivity contribution >= 4 is 17.7 Å². The van der Waals surface area contributed by atoms with Gasteiger partial charge in [-0.25, -0.2) is 13.8 Å². The average Bonchev–Trinajstić information content (AvgIpc) is 3.22. The van der Waals surface area contributed by atoms with E-state index in [9.17, 15) is 13.6 Å². The molecule has 0 unspecified atom stereocenters. The van der Waals surface area contributed by atoms with Gasteiger partial charge >= 0.3 is 0 Å². The second-order valence-corrected chi connectivity index (χ2v) is 6.06. The molecule has 6 nitrogen and oxygen atoms in total. The number of aromatic nitrogens is 2. The zero-order valence-electron chi connectivity index (χ0n) is 13.8. The Hall–Kier alpha value is -2.77. The topological polar surface area (TPSA) is 82.2 Å². The van der Waals surface area contributed by atoms with Crippen molar-refractivity contribution < 1.29 is 13.6 Å². The van der Waals surface area contributed by atoms with Crippen LogP contribution in [0.25, 0.3) is 0 Å². The normalized spacial score (nSPS) is 15.4. The summed E-state index contributed by atoms with van der Waals surface area (Å²) in [5.41, 5.74) is 0.868. The third-order valence-corrected chi connectivity index (χ3v) is 4.00. The average molecular weight is 347 g/mol. The number of carbonyl (C=O) groups excluding carboxylic acids is 1. The highest BCUT2D eigenvalue weighted by atomic mass is 19.2. The van der Waals surface area contributed by atoms with E-state index in [4.69, 9.17) is 0 Å². The van der Waals surface area contributed by atoms with Crippen LogP contribution in [-0.4, -0.2) is 28.1 Å². The number of rotatable bonds is 3. The van der Waals surface area contributed by atoms with Crippen LogP contribution < -0.4 is 10.6 Å². The Morgan fingerprint density at radius 2 is 2.00 bits per heavy atom. The van der Waals surface area contributed by atoms with Crippen molar-refractivity contribution in [3.05, 3.63) is 47.2 Å². The molecule has 3 rings (SSSR count). The molecule has 0 saturated heterocycles. The van der Waals surface area contributed by atoms with Gasteiger partial charge < -0.3 is 5.32 Å². The number of hydrogen-bond donors (Lipinski definition) is 3. The second-order valence-electron chi connectivity index (χ2n) is 6.06. The van der Waals surface area contributed by atoms with Gasteiger partial charge in [0.2, 0.25) is 5.96 Å². The van der Waals surface area contributed by atoms with Crippen molar-refractivity contribution in [3.63, 3.8) is 0 Å². The molecule has 1 aliphatic rings. The lowest BCUT2D eigenvalue weighted by Crippen LogP contribution is -2.37. The summed E-state index contributed by atoms with van der Waals surface area (Å²) in [5, 5.41) is 12.4. The molecular formula is C17H19F2N5O. The van der Waals surface area contributed by atoms with Crippen LogP contribution in [-0.2, 0) is 0 Å². The number of carbonyl (C=O) groups is 1. The van der Waals surface area contributed by atoms with Crippen molar-refractivity contribution in [2.45, 2.75) is 38.6 Å². The number of aliphatic imine (C=N–C) groups is 1. The molecule has 0 radical (unpaired) electrons. The number of aromatic amines is 1. The number of amides is 1. The van der Waals surface area contributed by atoms with E-state index in [-0.39, 0.29) is 17.6 Å². The molecule has 1 aliphatic carbocycles. The van der Waals surface area contributed by atoms with Crippen LogP contribution in [0.5, 0.6) is 0 Å². The predicted molar refractivity (Wildman–Crippen MR) is 90.5 cm³/mol. The fraction of sp³-hybridized carbons (Fsp3) is 0.353. The summed E-state index contributed by atoms with van der Waals surface area (Å²) in [7, 11) is 0. The van der Waals surface area contributed by atoms with E-state index in [2.05, 4.69) is 25.8 Å². The largest absolute Gasteiger partial charge is 0.309 e. The number of halogens is 2. The molecule has 1 fully saturated rings. The lowest BCUT2D eigenvalue weighted by Gasteiger charge is -2.12. The Morgan fingerprint density at radius 3 is 2.64 bits per heavy atom. The van der Waals surface area contributed by atoms with Gasteiger partial charge in [-0.2, -0.15) is 5.10 Å². The van der Waals surface area contributed by atoms with E-state index in [0.29, 0.717) is 5.82 Å². The van der Waals surface area contributed by atoms with Crippen molar-refractivity contribution in [1.82, 2.24) is 15.5 Å². The molecule has 1 heterocycles. The van der Waals surface area contributed by atoms with Gasteiger partial charge in [0.05, 0.1) is 6.04 Å². The van der Waals surface area contributed by atoms with Crippen LogP contribution in [0, 0.1) is 18.6 Å². The lowest BCUT2D eigenvalue weighted by atomic mass is 10.2. The number of benzene rings is 1. The number of H-pyrrole nitrogens is 1. The molecule has 1 amide bonds. The van der Waals surface area contributed by atoms with E-state index in [0.717, 1.165) is 43.5 Å².